The molecule has 300 valence electrons. The Morgan fingerprint density at radius 2 is 0.965 bits per heavy atom. The van der Waals surface area contributed by atoms with Gasteiger partial charge in [0.05, 0.1) is 33.2 Å². The highest BCUT2D eigenvalue weighted by molar-refractivity contribution is 5.98. The highest BCUT2D eigenvalue weighted by Gasteiger charge is 2.26. The summed E-state index contributed by atoms with van der Waals surface area (Å²) in [6.07, 6.45) is 2.52. The lowest BCUT2D eigenvalue weighted by Gasteiger charge is -2.37. The van der Waals surface area contributed by atoms with Crippen molar-refractivity contribution in [3.8, 4) is 0 Å². The van der Waals surface area contributed by atoms with Crippen LogP contribution in [0.2, 0.25) is 0 Å². The molecule has 6 N–H and O–H groups in total. The topological polar surface area (TPSA) is 206 Å². The van der Waals surface area contributed by atoms with Gasteiger partial charge >= 0.3 is 11.9 Å². The van der Waals surface area contributed by atoms with E-state index < -0.39 is 22.8 Å². The van der Waals surface area contributed by atoms with E-state index in [4.69, 9.17) is 0 Å². The van der Waals surface area contributed by atoms with Crippen LogP contribution in [0.25, 0.3) is 43.9 Å². The van der Waals surface area contributed by atoms with E-state index in [1.807, 2.05) is 9.80 Å². The summed E-state index contributed by atoms with van der Waals surface area (Å²) in [6.45, 7) is 11.0. The molecule has 2 aliphatic rings. The van der Waals surface area contributed by atoms with Gasteiger partial charge in [0.2, 0.25) is 10.9 Å². The minimum absolute atomic E-state index is 0. The zero-order valence-electron chi connectivity index (χ0n) is 32.2. The van der Waals surface area contributed by atoms with Crippen molar-refractivity contribution in [1.29, 1.82) is 0 Å². The van der Waals surface area contributed by atoms with Gasteiger partial charge in [-0.15, -0.1) is 0 Å². The number of carboxylic acids is 2. The van der Waals surface area contributed by atoms with E-state index in [1.54, 1.807) is 26.2 Å². The Bertz CT molecular complexity index is 2520. The van der Waals surface area contributed by atoms with Gasteiger partial charge in [-0.2, -0.15) is 0 Å². The summed E-state index contributed by atoms with van der Waals surface area (Å²) in [5.41, 5.74) is 0.881. The molecule has 4 unspecified atom stereocenters. The Morgan fingerprint density at radius 3 is 1.28 bits per heavy atom. The highest BCUT2D eigenvalue weighted by atomic mass is 19.1. The summed E-state index contributed by atoms with van der Waals surface area (Å²) >= 11 is 0. The van der Waals surface area contributed by atoms with Crippen LogP contribution >= 0.6 is 0 Å². The van der Waals surface area contributed by atoms with Gasteiger partial charge in [0, 0.05) is 87.6 Å². The van der Waals surface area contributed by atoms with Crippen LogP contribution in [0.15, 0.2) is 58.4 Å². The average molecular weight is 787 g/mol. The molecule has 0 spiro atoms. The van der Waals surface area contributed by atoms with Crippen molar-refractivity contribution in [2.75, 3.05) is 36.0 Å². The Kier molecular flexibility index (Phi) is 11.0. The molecule has 15 nitrogen and oxygen atoms in total. The van der Waals surface area contributed by atoms with Gasteiger partial charge in [-0.25, -0.2) is 28.3 Å². The number of piperazine rings is 2. The number of hydrogen-bond donors (Lipinski definition) is 4. The first-order chi connectivity index (χ1) is 26.5. The maximum atomic E-state index is 14.9. The Morgan fingerprint density at radius 1 is 0.632 bits per heavy atom. The fourth-order valence-electron chi connectivity index (χ4n) is 7.97. The quantitative estimate of drug-likeness (QED) is 0.190. The van der Waals surface area contributed by atoms with E-state index in [2.05, 4.69) is 48.3 Å². The molecule has 0 bridgehead atoms. The van der Waals surface area contributed by atoms with Crippen LogP contribution in [-0.4, -0.2) is 97.1 Å². The van der Waals surface area contributed by atoms with Crippen LogP contribution in [0.5, 0.6) is 0 Å². The van der Waals surface area contributed by atoms with Crippen LogP contribution < -0.4 is 31.3 Å². The van der Waals surface area contributed by atoms with Gasteiger partial charge in [-0.3, -0.25) is 9.59 Å². The molecular weight excluding hydrogens is 742 g/mol. The molecule has 4 aromatic heterocycles. The minimum Gasteiger partial charge on any atom is -0.477 e. The molecule has 4 atom stereocenters. The summed E-state index contributed by atoms with van der Waals surface area (Å²) in [5.74, 6) is -3.38. The first-order valence-electron chi connectivity index (χ1n) is 18.2. The number of aromatic nitrogens is 4. The number of rotatable bonds is 4. The van der Waals surface area contributed by atoms with Crippen molar-refractivity contribution < 1.29 is 34.1 Å². The zero-order chi connectivity index (χ0) is 40.3. The number of fused-ring (bicyclic) bond motifs is 4. The van der Waals surface area contributed by atoms with Gasteiger partial charge in [0.25, 0.3) is 0 Å². The number of hydrogen-bond acceptors (Lipinski definition) is 10. The number of carboxylic acid groups (broad SMARTS) is 2. The predicted octanol–water partition coefficient (Wildman–Crippen LogP) is 3.40. The molecule has 6 aromatic rings. The van der Waals surface area contributed by atoms with Crippen LogP contribution in [-0.2, 0) is 14.1 Å². The van der Waals surface area contributed by atoms with E-state index in [1.165, 1.54) is 45.8 Å². The predicted molar refractivity (Wildman–Crippen MR) is 215 cm³/mol. The van der Waals surface area contributed by atoms with Crippen molar-refractivity contribution in [1.82, 2.24) is 29.7 Å². The Balaban J connectivity index is 0.000000189. The maximum absolute atomic E-state index is 14.9. The molecule has 2 aromatic carbocycles. The van der Waals surface area contributed by atoms with Gasteiger partial charge in [0.15, 0.2) is 0 Å². The number of anilines is 2. The monoisotopic (exact) mass is 786 g/mol. The SMILES string of the molecule is CC1CN(c2cc3nc4c(cc3cc2F)c(=O)c(C(=O)O)cn4C)CC(C)N1.CC1CN(c2cc3nc4c(cc3cc2F)c(=O)c(C(=O)O)cn4C)CC(C)N1.O. The molecule has 2 fully saturated rings. The lowest BCUT2D eigenvalue weighted by Crippen LogP contribution is -2.54. The summed E-state index contributed by atoms with van der Waals surface area (Å²) in [6, 6.07) is 10.1. The molecule has 2 saturated heterocycles. The molecule has 57 heavy (non-hydrogen) atoms. The standard InChI is InChI=1S/2C20H21FN4O3.H2O/c2*1-10-7-25(8-11(2)22-10)17-6-16-12(5-15(17)21)4-13-18(26)14(20(27)28)9-24(3)19(13)23-16;/h2*4-6,9-11,22H,7-8H2,1-3H3,(H,27,28);1H2. The number of carbonyl (C=O) groups is 2. The average Bonchev–Trinajstić information content (AvgIpc) is 3.12. The smallest absolute Gasteiger partial charge is 0.341 e. The van der Waals surface area contributed by atoms with Gasteiger partial charge < -0.3 is 45.3 Å². The van der Waals surface area contributed by atoms with E-state index in [0.29, 0.717) is 70.7 Å². The second-order valence-corrected chi connectivity index (χ2v) is 15.0. The van der Waals surface area contributed by atoms with E-state index in [0.717, 1.165) is 0 Å². The first kappa shape index (κ1) is 40.6. The minimum atomic E-state index is -1.30. The number of aromatic carboxylic acids is 2. The summed E-state index contributed by atoms with van der Waals surface area (Å²) in [4.78, 5) is 60.7. The van der Waals surface area contributed by atoms with Crippen molar-refractivity contribution >= 4 is 67.2 Å². The fourth-order valence-corrected chi connectivity index (χ4v) is 7.97. The van der Waals surface area contributed by atoms with Crippen molar-refractivity contribution in [3.63, 3.8) is 0 Å². The molecular formula is C40H44F2N8O7. The summed E-state index contributed by atoms with van der Waals surface area (Å²) < 4.78 is 32.8. The number of nitrogens with zero attached hydrogens (tertiary/aromatic N) is 6. The van der Waals surface area contributed by atoms with Crippen molar-refractivity contribution in [2.45, 2.75) is 51.9 Å². The molecule has 17 heteroatoms. The Hall–Kier alpha value is -6.04. The Labute approximate surface area is 324 Å². The van der Waals surface area contributed by atoms with Crippen LogP contribution in [0.4, 0.5) is 20.2 Å². The molecule has 0 saturated carbocycles. The highest BCUT2D eigenvalue weighted by Crippen LogP contribution is 2.30. The third-order valence-electron chi connectivity index (χ3n) is 10.3. The number of nitrogens with one attached hydrogen (secondary N) is 2. The van der Waals surface area contributed by atoms with Gasteiger partial charge in [-0.1, -0.05) is 0 Å². The second kappa shape index (κ2) is 15.5. The van der Waals surface area contributed by atoms with Gasteiger partial charge in [0.1, 0.15) is 34.1 Å². The van der Waals surface area contributed by atoms with Crippen LogP contribution in [0, 0.1) is 11.6 Å². The molecule has 0 radical (unpaired) electrons. The molecule has 0 amide bonds. The number of aryl methyl sites for hydroxylation is 2. The van der Waals surface area contributed by atoms with Crippen LogP contribution in [0.1, 0.15) is 48.4 Å². The third kappa shape index (κ3) is 7.73. The van der Waals surface area contributed by atoms with E-state index in [9.17, 15) is 38.2 Å². The normalized spacial score (nSPS) is 19.7. The van der Waals surface area contributed by atoms with E-state index >= 15 is 0 Å². The molecule has 6 heterocycles. The molecule has 8 rings (SSSR count). The zero-order valence-corrected chi connectivity index (χ0v) is 32.2. The number of halogens is 2. The van der Waals surface area contributed by atoms with Crippen LogP contribution in [0.3, 0.4) is 0 Å². The fraction of sp³-hybridized carbons (Fsp3) is 0.350. The maximum Gasteiger partial charge on any atom is 0.341 e. The first-order valence-corrected chi connectivity index (χ1v) is 18.2. The van der Waals surface area contributed by atoms with Crippen molar-refractivity contribution in [3.05, 3.63) is 92.0 Å². The summed E-state index contributed by atoms with van der Waals surface area (Å²) in [5, 5.41) is 26.5. The number of benzene rings is 2. The molecule has 0 aliphatic carbocycles. The number of pyridine rings is 4. The largest absolute Gasteiger partial charge is 0.477 e. The lowest BCUT2D eigenvalue weighted by atomic mass is 10.1. The second-order valence-electron chi connectivity index (χ2n) is 15.0. The van der Waals surface area contributed by atoms with Gasteiger partial charge in [-0.05, 0) is 64.1 Å². The van der Waals surface area contributed by atoms with E-state index in [-0.39, 0.29) is 63.2 Å². The summed E-state index contributed by atoms with van der Waals surface area (Å²) in [7, 11) is 3.27. The lowest BCUT2D eigenvalue weighted by molar-refractivity contribution is 0.0684. The molecule has 2 aliphatic heterocycles. The van der Waals surface area contributed by atoms with Crippen molar-refractivity contribution in [2.24, 2.45) is 14.1 Å². The third-order valence-corrected chi connectivity index (χ3v) is 10.3.